The normalized spacial score (nSPS) is 13.1. The number of guanidine groups is 1. The number of ether oxygens (including phenoxy) is 3. The standard InChI is InChI=1S/C21H29F2N5O3/c1-5-15-14(16(6-2)28(4)27-15)11-26-21(24-7-3)25-10-13-8-18-19(30-12-29-18)9-17(13)31-20(22)23/h8-9,20H,5-7,10-12H2,1-4H3,(H2,24,25,26). The molecular weight excluding hydrogens is 408 g/mol. The molecule has 0 unspecified atom stereocenters. The summed E-state index contributed by atoms with van der Waals surface area (Å²) in [6.07, 6.45) is 1.71. The monoisotopic (exact) mass is 437 g/mol. The number of nitrogens with one attached hydrogen (secondary N) is 2. The average Bonchev–Trinajstić information content (AvgIpc) is 3.32. The second-order valence-electron chi connectivity index (χ2n) is 6.94. The fourth-order valence-corrected chi connectivity index (χ4v) is 3.57. The van der Waals surface area contributed by atoms with Crippen molar-refractivity contribution in [1.82, 2.24) is 20.4 Å². The van der Waals surface area contributed by atoms with Crippen molar-refractivity contribution < 1.29 is 23.0 Å². The predicted molar refractivity (Wildman–Crippen MR) is 113 cm³/mol. The van der Waals surface area contributed by atoms with Gasteiger partial charge in [-0.15, -0.1) is 0 Å². The van der Waals surface area contributed by atoms with Crippen LogP contribution in [0.5, 0.6) is 17.2 Å². The SMILES string of the molecule is CCNC(=NCc1cc2c(cc1OC(F)F)OCO2)NCc1c(CC)nn(C)c1CC. The Morgan fingerprint density at radius 2 is 1.94 bits per heavy atom. The molecule has 0 fully saturated rings. The lowest BCUT2D eigenvalue weighted by atomic mass is 10.1. The molecule has 2 aromatic rings. The van der Waals surface area contributed by atoms with Crippen molar-refractivity contribution in [2.45, 2.75) is 53.3 Å². The van der Waals surface area contributed by atoms with Gasteiger partial charge in [-0.2, -0.15) is 13.9 Å². The van der Waals surface area contributed by atoms with Gasteiger partial charge < -0.3 is 24.8 Å². The Hall–Kier alpha value is -3.04. The van der Waals surface area contributed by atoms with Crippen LogP contribution in [0.3, 0.4) is 0 Å². The van der Waals surface area contributed by atoms with E-state index in [1.54, 1.807) is 6.07 Å². The zero-order valence-corrected chi connectivity index (χ0v) is 18.3. The maximum absolute atomic E-state index is 12.9. The highest BCUT2D eigenvalue weighted by molar-refractivity contribution is 5.79. The number of benzene rings is 1. The zero-order valence-electron chi connectivity index (χ0n) is 18.3. The molecule has 1 aromatic carbocycles. The van der Waals surface area contributed by atoms with Crippen molar-refractivity contribution in [3.63, 3.8) is 0 Å². The molecule has 1 aliphatic rings. The first-order chi connectivity index (χ1) is 15.0. The number of nitrogens with zero attached hydrogens (tertiary/aromatic N) is 3. The van der Waals surface area contributed by atoms with Gasteiger partial charge in [-0.05, 0) is 25.8 Å². The Kier molecular flexibility index (Phi) is 7.54. The first-order valence-electron chi connectivity index (χ1n) is 10.4. The van der Waals surface area contributed by atoms with Gasteiger partial charge in [-0.3, -0.25) is 4.68 Å². The molecule has 0 radical (unpaired) electrons. The molecule has 0 atom stereocenters. The molecule has 3 rings (SSSR count). The number of aryl methyl sites for hydroxylation is 2. The molecule has 0 bridgehead atoms. The molecule has 0 saturated carbocycles. The quantitative estimate of drug-likeness (QED) is 0.463. The topological polar surface area (TPSA) is 81.9 Å². The minimum absolute atomic E-state index is 0.0210. The number of rotatable bonds is 9. The van der Waals surface area contributed by atoms with Crippen LogP contribution < -0.4 is 24.8 Å². The number of hydrogen-bond donors (Lipinski definition) is 2. The van der Waals surface area contributed by atoms with E-state index < -0.39 is 6.61 Å². The van der Waals surface area contributed by atoms with E-state index in [0.29, 0.717) is 36.1 Å². The highest BCUT2D eigenvalue weighted by atomic mass is 19.3. The van der Waals surface area contributed by atoms with Crippen LogP contribution in [-0.2, 0) is 33.0 Å². The lowest BCUT2D eigenvalue weighted by Gasteiger charge is -2.14. The van der Waals surface area contributed by atoms with Gasteiger partial charge in [-0.25, -0.2) is 4.99 Å². The third-order valence-corrected chi connectivity index (χ3v) is 4.98. The molecule has 10 heteroatoms. The van der Waals surface area contributed by atoms with Crippen molar-refractivity contribution >= 4 is 5.96 Å². The number of aliphatic imine (C=N–C) groups is 1. The number of aromatic nitrogens is 2. The highest BCUT2D eigenvalue weighted by Crippen LogP contribution is 2.39. The van der Waals surface area contributed by atoms with E-state index in [0.717, 1.165) is 24.1 Å². The van der Waals surface area contributed by atoms with Gasteiger partial charge in [0, 0.05) is 43.0 Å². The molecule has 0 amide bonds. The van der Waals surface area contributed by atoms with Crippen LogP contribution >= 0.6 is 0 Å². The van der Waals surface area contributed by atoms with E-state index in [9.17, 15) is 8.78 Å². The smallest absolute Gasteiger partial charge is 0.387 e. The lowest BCUT2D eigenvalue weighted by Crippen LogP contribution is -2.37. The van der Waals surface area contributed by atoms with Crippen molar-refractivity contribution in [1.29, 1.82) is 0 Å². The molecular formula is C21H29F2N5O3. The third kappa shape index (κ3) is 5.36. The van der Waals surface area contributed by atoms with Gasteiger partial charge in [0.1, 0.15) is 5.75 Å². The Morgan fingerprint density at radius 3 is 2.58 bits per heavy atom. The Bertz CT molecular complexity index is 930. The number of alkyl halides is 2. The summed E-state index contributed by atoms with van der Waals surface area (Å²) in [5, 5.41) is 11.1. The fourth-order valence-electron chi connectivity index (χ4n) is 3.57. The van der Waals surface area contributed by atoms with E-state index in [-0.39, 0.29) is 19.1 Å². The van der Waals surface area contributed by atoms with Gasteiger partial charge in [-0.1, -0.05) is 13.8 Å². The number of fused-ring (bicyclic) bond motifs is 1. The molecule has 1 aromatic heterocycles. The van der Waals surface area contributed by atoms with E-state index in [4.69, 9.17) is 9.47 Å². The van der Waals surface area contributed by atoms with Gasteiger partial charge in [0.15, 0.2) is 17.5 Å². The lowest BCUT2D eigenvalue weighted by molar-refractivity contribution is -0.0505. The Morgan fingerprint density at radius 1 is 1.19 bits per heavy atom. The first-order valence-corrected chi connectivity index (χ1v) is 10.4. The second-order valence-corrected chi connectivity index (χ2v) is 6.94. The minimum Gasteiger partial charge on any atom is -0.454 e. The molecule has 2 heterocycles. The largest absolute Gasteiger partial charge is 0.454 e. The Balaban J connectivity index is 1.79. The number of hydrogen-bond acceptors (Lipinski definition) is 5. The molecule has 0 saturated heterocycles. The van der Waals surface area contributed by atoms with Gasteiger partial charge in [0.05, 0.1) is 12.2 Å². The van der Waals surface area contributed by atoms with E-state index in [2.05, 4.69) is 39.3 Å². The molecule has 170 valence electrons. The van der Waals surface area contributed by atoms with E-state index >= 15 is 0 Å². The average molecular weight is 437 g/mol. The summed E-state index contributed by atoms with van der Waals surface area (Å²) < 4.78 is 42.9. The van der Waals surface area contributed by atoms with Crippen molar-refractivity contribution in [2.75, 3.05) is 13.3 Å². The summed E-state index contributed by atoms with van der Waals surface area (Å²) >= 11 is 0. The second kappa shape index (κ2) is 10.3. The van der Waals surface area contributed by atoms with Crippen LogP contribution in [0.25, 0.3) is 0 Å². The van der Waals surface area contributed by atoms with Crippen molar-refractivity contribution in [2.24, 2.45) is 12.0 Å². The summed E-state index contributed by atoms with van der Waals surface area (Å²) in [7, 11) is 1.95. The van der Waals surface area contributed by atoms with Crippen LogP contribution in [0.2, 0.25) is 0 Å². The summed E-state index contributed by atoms with van der Waals surface area (Å²) in [4.78, 5) is 4.56. The van der Waals surface area contributed by atoms with Crippen molar-refractivity contribution in [3.05, 3.63) is 34.6 Å². The highest BCUT2D eigenvalue weighted by Gasteiger charge is 2.20. The predicted octanol–water partition coefficient (Wildman–Crippen LogP) is 3.13. The van der Waals surface area contributed by atoms with Crippen LogP contribution in [0.1, 0.15) is 43.3 Å². The maximum atomic E-state index is 12.9. The Labute approximate surface area is 180 Å². The maximum Gasteiger partial charge on any atom is 0.387 e. The molecule has 8 nitrogen and oxygen atoms in total. The van der Waals surface area contributed by atoms with E-state index in [1.807, 2.05) is 18.7 Å². The van der Waals surface area contributed by atoms with Crippen LogP contribution in [-0.4, -0.2) is 35.7 Å². The molecule has 31 heavy (non-hydrogen) atoms. The van der Waals surface area contributed by atoms with Crippen LogP contribution in [0, 0.1) is 0 Å². The summed E-state index contributed by atoms with van der Waals surface area (Å²) in [6.45, 7) is 4.59. The summed E-state index contributed by atoms with van der Waals surface area (Å²) in [5.41, 5.74) is 3.85. The minimum atomic E-state index is -2.94. The molecule has 0 aliphatic carbocycles. The van der Waals surface area contributed by atoms with Gasteiger partial charge >= 0.3 is 6.61 Å². The zero-order chi connectivity index (χ0) is 22.4. The summed E-state index contributed by atoms with van der Waals surface area (Å²) in [6, 6.07) is 3.04. The summed E-state index contributed by atoms with van der Waals surface area (Å²) in [5.74, 6) is 1.45. The van der Waals surface area contributed by atoms with Gasteiger partial charge in [0.2, 0.25) is 6.79 Å². The van der Waals surface area contributed by atoms with Gasteiger partial charge in [0.25, 0.3) is 0 Å². The van der Waals surface area contributed by atoms with Crippen LogP contribution in [0.15, 0.2) is 17.1 Å². The molecule has 2 N–H and O–H groups in total. The number of halogens is 2. The van der Waals surface area contributed by atoms with Crippen molar-refractivity contribution in [3.8, 4) is 17.2 Å². The molecule has 0 spiro atoms. The first kappa shape index (κ1) is 22.6. The third-order valence-electron chi connectivity index (χ3n) is 4.98. The fraction of sp³-hybridized carbons (Fsp3) is 0.524. The molecule has 1 aliphatic heterocycles. The van der Waals surface area contributed by atoms with E-state index in [1.165, 1.54) is 11.8 Å². The van der Waals surface area contributed by atoms with Crippen LogP contribution in [0.4, 0.5) is 8.78 Å².